The van der Waals surface area contributed by atoms with E-state index < -0.39 is 5.97 Å². The fourth-order valence-electron chi connectivity index (χ4n) is 3.41. The summed E-state index contributed by atoms with van der Waals surface area (Å²) in [6.07, 6.45) is 1.04. The van der Waals surface area contributed by atoms with Crippen LogP contribution in [0.5, 0.6) is 0 Å². The number of aryl methyl sites for hydroxylation is 1. The van der Waals surface area contributed by atoms with E-state index in [0.717, 1.165) is 21.9 Å². The van der Waals surface area contributed by atoms with Crippen LogP contribution in [0.25, 0.3) is 15.6 Å². The third-order valence-electron chi connectivity index (χ3n) is 5.00. The minimum atomic E-state index is -0.849. The van der Waals surface area contributed by atoms with E-state index >= 15 is 0 Å². The van der Waals surface area contributed by atoms with Crippen molar-refractivity contribution in [3.05, 3.63) is 83.2 Å². The van der Waals surface area contributed by atoms with Gasteiger partial charge in [0.05, 0.1) is 12.5 Å². The van der Waals surface area contributed by atoms with Gasteiger partial charge in [-0.1, -0.05) is 54.6 Å². The maximum absolute atomic E-state index is 13.0. The second-order valence-electron chi connectivity index (χ2n) is 6.98. The molecule has 0 unspecified atom stereocenters. The van der Waals surface area contributed by atoms with Crippen LogP contribution in [0.2, 0.25) is 0 Å². The first-order valence-electron chi connectivity index (χ1n) is 9.50. The minimum absolute atomic E-state index is 0.0599. The van der Waals surface area contributed by atoms with Crippen LogP contribution in [0.4, 0.5) is 11.4 Å². The average Bonchev–Trinajstić information content (AvgIpc) is 2.73. The van der Waals surface area contributed by atoms with Crippen molar-refractivity contribution >= 4 is 34.0 Å². The third kappa shape index (κ3) is 4.80. The van der Waals surface area contributed by atoms with E-state index in [1.807, 2.05) is 49.4 Å². The van der Waals surface area contributed by atoms with E-state index in [0.29, 0.717) is 24.2 Å². The molecule has 5 nitrogen and oxygen atoms in total. The molecule has 0 spiro atoms. The molecule has 0 aromatic heterocycles. The van der Waals surface area contributed by atoms with Crippen LogP contribution in [0, 0.1) is 6.57 Å². The van der Waals surface area contributed by atoms with Crippen LogP contribution >= 0.6 is 0 Å². The predicted octanol–water partition coefficient (Wildman–Crippen LogP) is 5.54. The third-order valence-corrected chi connectivity index (χ3v) is 5.00. The van der Waals surface area contributed by atoms with Crippen molar-refractivity contribution < 1.29 is 14.7 Å². The highest BCUT2D eigenvalue weighted by Gasteiger charge is 2.19. The second kappa shape index (κ2) is 9.03. The number of aliphatic carboxylic acids is 1. The smallest absolute Gasteiger partial charge is 0.303 e. The monoisotopic (exact) mass is 386 g/mol. The summed E-state index contributed by atoms with van der Waals surface area (Å²) in [7, 11) is 0. The standard InChI is InChI=1S/C24H22N2O3/c1-16(20-11-5-8-17-7-3-4-10-21(17)20)24(29)26-22-15-19(25-2)14-13-18(22)9-6-12-23(27)28/h3-5,7-8,10-11,13-16H,6,9,12H2,1H3,(H,26,29)(H,27,28)/t16-/m1/s1. The summed E-state index contributed by atoms with van der Waals surface area (Å²) in [4.78, 5) is 27.2. The number of hydrogen-bond acceptors (Lipinski definition) is 2. The van der Waals surface area contributed by atoms with Gasteiger partial charge in [-0.2, -0.15) is 0 Å². The molecule has 1 atom stereocenters. The number of amides is 1. The maximum Gasteiger partial charge on any atom is 0.303 e. The first-order valence-corrected chi connectivity index (χ1v) is 9.50. The summed E-state index contributed by atoms with van der Waals surface area (Å²) < 4.78 is 0. The van der Waals surface area contributed by atoms with E-state index in [2.05, 4.69) is 10.2 Å². The number of fused-ring (bicyclic) bond motifs is 1. The van der Waals surface area contributed by atoms with Gasteiger partial charge in [-0.3, -0.25) is 9.59 Å². The number of carbonyl (C=O) groups excluding carboxylic acids is 1. The molecule has 2 N–H and O–H groups in total. The maximum atomic E-state index is 13.0. The molecule has 3 rings (SSSR count). The molecular weight excluding hydrogens is 364 g/mol. The van der Waals surface area contributed by atoms with Crippen LogP contribution in [0.3, 0.4) is 0 Å². The molecule has 1 amide bonds. The van der Waals surface area contributed by atoms with Crippen LogP contribution in [-0.2, 0) is 16.0 Å². The lowest BCUT2D eigenvalue weighted by Gasteiger charge is -2.17. The van der Waals surface area contributed by atoms with Gasteiger partial charge in [-0.15, -0.1) is 0 Å². The highest BCUT2D eigenvalue weighted by molar-refractivity contribution is 6.00. The fraction of sp³-hybridized carbons (Fsp3) is 0.208. The van der Waals surface area contributed by atoms with Gasteiger partial charge in [0, 0.05) is 12.1 Å². The number of rotatable bonds is 7. The second-order valence-corrected chi connectivity index (χ2v) is 6.98. The van der Waals surface area contributed by atoms with Crippen molar-refractivity contribution in [1.29, 1.82) is 0 Å². The Morgan fingerprint density at radius 3 is 2.62 bits per heavy atom. The van der Waals surface area contributed by atoms with Crippen molar-refractivity contribution in [2.45, 2.75) is 32.1 Å². The fourth-order valence-corrected chi connectivity index (χ4v) is 3.41. The molecule has 3 aromatic carbocycles. The van der Waals surface area contributed by atoms with Crippen LogP contribution < -0.4 is 5.32 Å². The van der Waals surface area contributed by atoms with E-state index in [4.69, 9.17) is 11.7 Å². The molecule has 146 valence electrons. The molecular formula is C24H22N2O3. The van der Waals surface area contributed by atoms with Crippen LogP contribution in [0.1, 0.15) is 36.8 Å². The summed E-state index contributed by atoms with van der Waals surface area (Å²) in [5.41, 5.74) is 2.77. The molecule has 0 aliphatic heterocycles. The van der Waals surface area contributed by atoms with Gasteiger partial charge in [0.1, 0.15) is 0 Å². The van der Waals surface area contributed by atoms with E-state index in [9.17, 15) is 9.59 Å². The van der Waals surface area contributed by atoms with Crippen molar-refractivity contribution in [3.63, 3.8) is 0 Å². The zero-order chi connectivity index (χ0) is 20.8. The molecule has 0 heterocycles. The quantitative estimate of drug-likeness (QED) is 0.524. The van der Waals surface area contributed by atoms with Gasteiger partial charge >= 0.3 is 5.97 Å². The summed E-state index contributed by atoms with van der Waals surface area (Å²) in [5, 5.41) is 13.9. The van der Waals surface area contributed by atoms with Crippen molar-refractivity contribution in [2.24, 2.45) is 0 Å². The highest BCUT2D eigenvalue weighted by atomic mass is 16.4. The number of anilines is 1. The Kier molecular flexibility index (Phi) is 6.25. The Morgan fingerprint density at radius 1 is 1.10 bits per heavy atom. The zero-order valence-electron chi connectivity index (χ0n) is 16.2. The number of hydrogen-bond donors (Lipinski definition) is 2. The Hall–Kier alpha value is -3.65. The van der Waals surface area contributed by atoms with Crippen molar-refractivity contribution in [2.75, 3.05) is 5.32 Å². The minimum Gasteiger partial charge on any atom is -0.481 e. The molecule has 0 saturated carbocycles. The number of benzene rings is 3. The normalized spacial score (nSPS) is 11.6. The van der Waals surface area contributed by atoms with E-state index in [1.165, 1.54) is 0 Å². The topological polar surface area (TPSA) is 70.8 Å². The zero-order valence-corrected chi connectivity index (χ0v) is 16.2. The molecule has 0 fully saturated rings. The van der Waals surface area contributed by atoms with Gasteiger partial charge in [-0.25, -0.2) is 4.85 Å². The number of carboxylic acids is 1. The lowest BCUT2D eigenvalue weighted by molar-refractivity contribution is -0.137. The lowest BCUT2D eigenvalue weighted by atomic mass is 9.94. The Bertz CT molecular complexity index is 1090. The largest absolute Gasteiger partial charge is 0.481 e. The number of carbonyl (C=O) groups is 2. The van der Waals surface area contributed by atoms with Crippen LogP contribution in [-0.4, -0.2) is 17.0 Å². The van der Waals surface area contributed by atoms with Gasteiger partial charge in [0.25, 0.3) is 0 Å². The molecule has 3 aromatic rings. The molecule has 5 heteroatoms. The first-order chi connectivity index (χ1) is 14.0. The first kappa shape index (κ1) is 20.1. The average molecular weight is 386 g/mol. The highest BCUT2D eigenvalue weighted by Crippen LogP contribution is 2.29. The predicted molar refractivity (Wildman–Crippen MR) is 114 cm³/mol. The summed E-state index contributed by atoms with van der Waals surface area (Å²) in [6, 6.07) is 19.0. The molecule has 29 heavy (non-hydrogen) atoms. The molecule has 0 aliphatic rings. The summed E-state index contributed by atoms with van der Waals surface area (Å²) in [6.45, 7) is 9.09. The van der Waals surface area contributed by atoms with Gasteiger partial charge in [-0.05, 0) is 47.7 Å². The Morgan fingerprint density at radius 2 is 1.86 bits per heavy atom. The van der Waals surface area contributed by atoms with Crippen molar-refractivity contribution in [1.82, 2.24) is 0 Å². The van der Waals surface area contributed by atoms with E-state index in [-0.39, 0.29) is 18.2 Å². The summed E-state index contributed by atoms with van der Waals surface area (Å²) in [5.74, 6) is -1.40. The molecule has 0 saturated heterocycles. The molecule has 0 aliphatic carbocycles. The van der Waals surface area contributed by atoms with Gasteiger partial charge in [0.2, 0.25) is 5.91 Å². The number of nitrogens with one attached hydrogen (secondary N) is 1. The molecule has 0 radical (unpaired) electrons. The van der Waals surface area contributed by atoms with Gasteiger partial charge in [0.15, 0.2) is 5.69 Å². The SMILES string of the molecule is [C-]#[N+]c1ccc(CCCC(=O)O)c(NC(=O)[C@H](C)c2cccc3ccccc23)c1. The lowest BCUT2D eigenvalue weighted by Crippen LogP contribution is -2.20. The number of carboxylic acid groups (broad SMARTS) is 1. The van der Waals surface area contributed by atoms with Crippen LogP contribution in [0.15, 0.2) is 60.7 Å². The molecule has 0 bridgehead atoms. The Labute approximate surface area is 169 Å². The van der Waals surface area contributed by atoms with E-state index in [1.54, 1.807) is 18.2 Å². The summed E-state index contributed by atoms with van der Waals surface area (Å²) >= 11 is 0. The number of nitrogens with zero attached hydrogens (tertiary/aromatic N) is 1. The Balaban J connectivity index is 1.85. The van der Waals surface area contributed by atoms with Crippen molar-refractivity contribution in [3.8, 4) is 0 Å². The van der Waals surface area contributed by atoms with Gasteiger partial charge < -0.3 is 10.4 Å².